The van der Waals surface area contributed by atoms with Crippen LogP contribution in [0.3, 0.4) is 0 Å². The van der Waals surface area contributed by atoms with Crippen molar-refractivity contribution >= 4 is 12.2 Å². The summed E-state index contributed by atoms with van der Waals surface area (Å²) in [7, 11) is 0. The number of carbonyl (C=O) groups is 2. The lowest BCUT2D eigenvalue weighted by molar-refractivity contribution is 0.00472. The Hall–Kier alpha value is -1.70. The molecule has 12 heteroatoms. The van der Waals surface area contributed by atoms with Crippen LogP contribution in [0.15, 0.2) is 0 Å². The summed E-state index contributed by atoms with van der Waals surface area (Å²) < 4.78 is 34.1. The Morgan fingerprint density at radius 2 is 0.816 bits per heavy atom. The zero-order valence-electron chi connectivity index (χ0n) is 23.6. The molecule has 0 spiro atoms. The molecule has 38 heavy (non-hydrogen) atoms. The standard InChI is InChI=1S/C26H50N4O8/c1-3-15-37-25(31)29-7-5-27-11-17-33-21-23-35-19-13-28(14-20-36-24-22-34-18-12-27)6-8-30(10-9-29)26(32)38-16-4-2/h3-24H2,1-2H3. The number of hydrogen-bond acceptors (Lipinski definition) is 10. The summed E-state index contributed by atoms with van der Waals surface area (Å²) in [6.07, 6.45) is 0.778. The monoisotopic (exact) mass is 546 g/mol. The van der Waals surface area contributed by atoms with Gasteiger partial charge in [0.25, 0.3) is 0 Å². The molecule has 0 radical (unpaired) electrons. The molecule has 222 valence electrons. The molecule has 0 aromatic heterocycles. The lowest BCUT2D eigenvalue weighted by Gasteiger charge is -2.31. The van der Waals surface area contributed by atoms with E-state index in [9.17, 15) is 9.59 Å². The van der Waals surface area contributed by atoms with Gasteiger partial charge in [0.1, 0.15) is 0 Å². The topological polar surface area (TPSA) is 102 Å². The van der Waals surface area contributed by atoms with Crippen molar-refractivity contribution in [1.29, 1.82) is 0 Å². The van der Waals surface area contributed by atoms with Gasteiger partial charge in [0, 0.05) is 65.4 Å². The van der Waals surface area contributed by atoms with Gasteiger partial charge in [-0.1, -0.05) is 13.8 Å². The third kappa shape index (κ3) is 14.5. The van der Waals surface area contributed by atoms with Crippen LogP contribution in [0, 0.1) is 0 Å². The van der Waals surface area contributed by atoms with Crippen molar-refractivity contribution in [2.45, 2.75) is 26.7 Å². The molecular formula is C26H50N4O8. The van der Waals surface area contributed by atoms with Crippen molar-refractivity contribution in [2.24, 2.45) is 0 Å². The van der Waals surface area contributed by atoms with E-state index >= 15 is 0 Å². The van der Waals surface area contributed by atoms with E-state index < -0.39 is 0 Å². The minimum absolute atomic E-state index is 0.358. The summed E-state index contributed by atoms with van der Waals surface area (Å²) in [5, 5.41) is 0. The number of fused-ring (bicyclic) bond motifs is 21. The van der Waals surface area contributed by atoms with E-state index in [1.54, 1.807) is 9.80 Å². The van der Waals surface area contributed by atoms with Crippen molar-refractivity contribution in [3.63, 3.8) is 0 Å². The van der Waals surface area contributed by atoms with E-state index in [4.69, 9.17) is 28.4 Å². The van der Waals surface area contributed by atoms with Crippen LogP contribution < -0.4 is 0 Å². The van der Waals surface area contributed by atoms with Gasteiger partial charge >= 0.3 is 12.2 Å². The van der Waals surface area contributed by atoms with E-state index in [0.717, 1.165) is 12.8 Å². The highest BCUT2D eigenvalue weighted by atomic mass is 16.6. The maximum Gasteiger partial charge on any atom is 0.409 e. The zero-order chi connectivity index (χ0) is 27.3. The van der Waals surface area contributed by atoms with Crippen molar-refractivity contribution in [2.75, 3.05) is 132 Å². The quantitative estimate of drug-likeness (QED) is 0.514. The Kier molecular flexibility index (Phi) is 18.1. The third-order valence-corrected chi connectivity index (χ3v) is 6.34. The second-order valence-electron chi connectivity index (χ2n) is 9.34. The van der Waals surface area contributed by atoms with E-state index in [2.05, 4.69) is 9.80 Å². The number of amides is 2. The maximum atomic E-state index is 12.9. The normalized spacial score (nSPS) is 24.4. The summed E-state index contributed by atoms with van der Waals surface area (Å²) in [6, 6.07) is 0. The number of hydrogen-bond donors (Lipinski definition) is 0. The smallest absolute Gasteiger partial charge is 0.409 e. The molecule has 2 amide bonds. The van der Waals surface area contributed by atoms with Gasteiger partial charge in [0.15, 0.2) is 0 Å². The fraction of sp³-hybridized carbons (Fsp3) is 0.923. The Morgan fingerprint density at radius 3 is 1.13 bits per heavy atom. The largest absolute Gasteiger partial charge is 0.449 e. The van der Waals surface area contributed by atoms with Gasteiger partial charge in [-0.05, 0) is 12.8 Å². The average Bonchev–Trinajstić information content (AvgIpc) is 2.92. The van der Waals surface area contributed by atoms with Crippen LogP contribution >= 0.6 is 0 Å². The summed E-state index contributed by atoms with van der Waals surface area (Å²) in [6.45, 7) is 14.8. The predicted octanol–water partition coefficient (Wildman–Crippen LogP) is 1.38. The van der Waals surface area contributed by atoms with Crippen LogP contribution in [0.2, 0.25) is 0 Å². The van der Waals surface area contributed by atoms with Gasteiger partial charge in [-0.3, -0.25) is 9.80 Å². The van der Waals surface area contributed by atoms with Crippen molar-refractivity contribution in [1.82, 2.24) is 19.6 Å². The fourth-order valence-corrected chi connectivity index (χ4v) is 4.01. The molecule has 3 aliphatic heterocycles. The third-order valence-electron chi connectivity index (χ3n) is 6.34. The molecule has 0 aromatic rings. The first-order valence-corrected chi connectivity index (χ1v) is 14.2. The van der Waals surface area contributed by atoms with Crippen LogP contribution in [0.25, 0.3) is 0 Å². The average molecular weight is 547 g/mol. The molecule has 0 atom stereocenters. The summed E-state index contributed by atoms with van der Waals surface area (Å²) in [4.78, 5) is 33.6. The maximum absolute atomic E-state index is 12.9. The Labute approximate surface area is 228 Å². The molecule has 0 saturated carbocycles. The molecule has 0 aromatic carbocycles. The molecule has 3 rings (SSSR count). The summed E-state index contributed by atoms with van der Waals surface area (Å²) in [5.74, 6) is 0. The molecule has 12 nitrogen and oxygen atoms in total. The van der Waals surface area contributed by atoms with Gasteiger partial charge in [-0.2, -0.15) is 0 Å². The Morgan fingerprint density at radius 1 is 0.500 bits per heavy atom. The number of carbonyl (C=O) groups excluding carboxylic acids is 2. The lowest BCUT2D eigenvalue weighted by atomic mass is 10.3. The SMILES string of the molecule is CCCOC(=O)N1CCN2CCOCCOCCN(CCOCCOCC2)CCN(C(=O)OCCC)CC1. The molecule has 0 aliphatic carbocycles. The van der Waals surface area contributed by atoms with Gasteiger partial charge < -0.3 is 38.2 Å². The van der Waals surface area contributed by atoms with E-state index in [-0.39, 0.29) is 12.2 Å². The molecule has 2 bridgehead atoms. The van der Waals surface area contributed by atoms with E-state index in [1.165, 1.54) is 0 Å². The van der Waals surface area contributed by atoms with Crippen molar-refractivity contribution in [3.8, 4) is 0 Å². The Bertz CT molecular complexity index is 558. The molecule has 0 N–H and O–H groups in total. The highest BCUT2D eigenvalue weighted by Gasteiger charge is 2.22. The van der Waals surface area contributed by atoms with E-state index in [0.29, 0.717) is 132 Å². The van der Waals surface area contributed by atoms with Crippen LogP contribution in [0.4, 0.5) is 9.59 Å². The number of rotatable bonds is 4. The number of nitrogens with zero attached hydrogens (tertiary/aromatic N) is 4. The predicted molar refractivity (Wildman–Crippen MR) is 143 cm³/mol. The first-order valence-electron chi connectivity index (χ1n) is 14.2. The molecular weight excluding hydrogens is 496 g/mol. The molecule has 3 aliphatic rings. The highest BCUT2D eigenvalue weighted by Crippen LogP contribution is 2.04. The second-order valence-corrected chi connectivity index (χ2v) is 9.34. The molecule has 3 fully saturated rings. The van der Waals surface area contributed by atoms with Crippen LogP contribution in [-0.4, -0.2) is 163 Å². The van der Waals surface area contributed by atoms with E-state index in [1.807, 2.05) is 13.8 Å². The second kappa shape index (κ2) is 21.2. The van der Waals surface area contributed by atoms with Gasteiger partial charge in [-0.25, -0.2) is 9.59 Å². The first kappa shape index (κ1) is 32.5. The molecule has 0 unspecified atom stereocenters. The fourth-order valence-electron chi connectivity index (χ4n) is 4.01. The van der Waals surface area contributed by atoms with Crippen LogP contribution in [0.1, 0.15) is 26.7 Å². The molecule has 3 heterocycles. The van der Waals surface area contributed by atoms with Crippen LogP contribution in [-0.2, 0) is 28.4 Å². The van der Waals surface area contributed by atoms with Gasteiger partial charge in [0.05, 0.1) is 66.1 Å². The Balaban J connectivity index is 2.22. The zero-order valence-corrected chi connectivity index (χ0v) is 23.6. The van der Waals surface area contributed by atoms with Crippen molar-refractivity contribution in [3.05, 3.63) is 0 Å². The highest BCUT2D eigenvalue weighted by molar-refractivity contribution is 5.69. The first-order chi connectivity index (χ1) is 18.6. The van der Waals surface area contributed by atoms with Crippen molar-refractivity contribution < 1.29 is 38.0 Å². The van der Waals surface area contributed by atoms with Crippen LogP contribution in [0.5, 0.6) is 0 Å². The summed E-state index contributed by atoms with van der Waals surface area (Å²) in [5.41, 5.74) is 0. The lowest BCUT2D eigenvalue weighted by Crippen LogP contribution is -2.47. The molecule has 3 saturated heterocycles. The summed E-state index contributed by atoms with van der Waals surface area (Å²) >= 11 is 0. The van der Waals surface area contributed by atoms with Gasteiger partial charge in [-0.15, -0.1) is 0 Å². The van der Waals surface area contributed by atoms with Gasteiger partial charge in [0.2, 0.25) is 0 Å². The number of ether oxygens (including phenoxy) is 6. The minimum Gasteiger partial charge on any atom is -0.449 e. The minimum atomic E-state index is -0.360.